The maximum absolute atomic E-state index is 12.2. The molecule has 0 saturated carbocycles. The van der Waals surface area contributed by atoms with Gasteiger partial charge in [0.2, 0.25) is 5.88 Å². The lowest BCUT2D eigenvalue weighted by Crippen LogP contribution is -2.22. The Morgan fingerprint density at radius 1 is 1.26 bits per heavy atom. The summed E-state index contributed by atoms with van der Waals surface area (Å²) in [7, 11) is 3.33. The average Bonchev–Trinajstić information content (AvgIpc) is 2.52. The van der Waals surface area contributed by atoms with Gasteiger partial charge in [-0.05, 0) is 25.2 Å². The van der Waals surface area contributed by atoms with E-state index >= 15 is 0 Å². The standard InChI is InChI=1S/C12H13Cl2N3O2/c1-15-6-10-11(18)17(12(19)16(10)2)9-4-7(13)3-8(14)5-9/h3-5,15,18H,6H2,1-2H3. The SMILES string of the molecule is CNCc1c(O)n(-c2cc(Cl)cc(Cl)c2)c(=O)n1C. The van der Waals surface area contributed by atoms with Gasteiger partial charge in [-0.15, -0.1) is 0 Å². The number of aromatic hydroxyl groups is 1. The third-order valence-electron chi connectivity index (χ3n) is 2.80. The van der Waals surface area contributed by atoms with Crippen LogP contribution >= 0.6 is 23.2 Å². The van der Waals surface area contributed by atoms with Crippen molar-refractivity contribution in [1.29, 1.82) is 0 Å². The van der Waals surface area contributed by atoms with E-state index in [2.05, 4.69) is 5.32 Å². The van der Waals surface area contributed by atoms with Gasteiger partial charge in [0.25, 0.3) is 0 Å². The number of aromatic nitrogens is 2. The van der Waals surface area contributed by atoms with Crippen molar-refractivity contribution >= 4 is 23.2 Å². The monoisotopic (exact) mass is 301 g/mol. The van der Waals surface area contributed by atoms with E-state index in [1.807, 2.05) is 0 Å². The van der Waals surface area contributed by atoms with Gasteiger partial charge < -0.3 is 10.4 Å². The lowest BCUT2D eigenvalue weighted by atomic mass is 10.3. The van der Waals surface area contributed by atoms with Crippen molar-refractivity contribution in [2.75, 3.05) is 7.05 Å². The Kier molecular flexibility index (Phi) is 3.89. The minimum atomic E-state index is -0.360. The summed E-state index contributed by atoms with van der Waals surface area (Å²) in [5.74, 6) is -0.125. The predicted octanol–water partition coefficient (Wildman–Crippen LogP) is 1.91. The maximum Gasteiger partial charge on any atom is 0.335 e. The molecular weight excluding hydrogens is 289 g/mol. The number of benzene rings is 1. The Morgan fingerprint density at radius 3 is 2.37 bits per heavy atom. The summed E-state index contributed by atoms with van der Waals surface area (Å²) in [4.78, 5) is 12.2. The number of nitrogens with one attached hydrogen (secondary N) is 1. The highest BCUT2D eigenvalue weighted by molar-refractivity contribution is 6.34. The van der Waals surface area contributed by atoms with Crippen LogP contribution in [0, 0.1) is 0 Å². The van der Waals surface area contributed by atoms with Gasteiger partial charge >= 0.3 is 5.69 Å². The van der Waals surface area contributed by atoms with Crippen LogP contribution in [0.4, 0.5) is 0 Å². The van der Waals surface area contributed by atoms with E-state index < -0.39 is 0 Å². The molecule has 0 unspecified atom stereocenters. The first-order valence-electron chi connectivity index (χ1n) is 5.56. The zero-order valence-corrected chi connectivity index (χ0v) is 12.0. The molecule has 0 aliphatic rings. The molecule has 5 nitrogen and oxygen atoms in total. The topological polar surface area (TPSA) is 59.2 Å². The summed E-state index contributed by atoms with van der Waals surface area (Å²) < 4.78 is 2.55. The van der Waals surface area contributed by atoms with Crippen LogP contribution in [-0.2, 0) is 13.6 Å². The molecule has 1 aromatic carbocycles. The van der Waals surface area contributed by atoms with Crippen LogP contribution < -0.4 is 11.0 Å². The zero-order valence-electron chi connectivity index (χ0n) is 10.4. The minimum absolute atomic E-state index is 0.125. The van der Waals surface area contributed by atoms with Gasteiger partial charge in [0.05, 0.1) is 11.4 Å². The van der Waals surface area contributed by atoms with Crippen molar-refractivity contribution in [3.05, 3.63) is 44.4 Å². The number of nitrogens with zero attached hydrogens (tertiary/aromatic N) is 2. The summed E-state index contributed by atoms with van der Waals surface area (Å²) in [5, 5.41) is 13.9. The van der Waals surface area contributed by atoms with E-state index in [1.54, 1.807) is 32.3 Å². The number of rotatable bonds is 3. The molecule has 0 saturated heterocycles. The van der Waals surface area contributed by atoms with Crippen molar-refractivity contribution in [2.45, 2.75) is 6.54 Å². The molecule has 0 aliphatic heterocycles. The van der Waals surface area contributed by atoms with Crippen LogP contribution in [0.1, 0.15) is 5.69 Å². The summed E-state index contributed by atoms with van der Waals surface area (Å²) in [5.41, 5.74) is 0.558. The second-order valence-electron chi connectivity index (χ2n) is 4.11. The van der Waals surface area contributed by atoms with Gasteiger partial charge in [-0.2, -0.15) is 0 Å². The number of hydrogen-bond acceptors (Lipinski definition) is 3. The minimum Gasteiger partial charge on any atom is -0.493 e. The summed E-state index contributed by atoms with van der Waals surface area (Å²) in [6.45, 7) is 0.374. The Morgan fingerprint density at radius 2 is 1.84 bits per heavy atom. The quantitative estimate of drug-likeness (QED) is 0.910. The molecule has 102 valence electrons. The third kappa shape index (κ3) is 2.49. The molecule has 0 spiro atoms. The predicted molar refractivity (Wildman–Crippen MR) is 75.5 cm³/mol. The van der Waals surface area contributed by atoms with Gasteiger partial charge in [0.1, 0.15) is 0 Å². The molecule has 2 aromatic rings. The smallest absolute Gasteiger partial charge is 0.335 e. The number of halogens is 2. The second-order valence-corrected chi connectivity index (χ2v) is 4.98. The van der Waals surface area contributed by atoms with Crippen molar-refractivity contribution < 1.29 is 5.11 Å². The van der Waals surface area contributed by atoms with Gasteiger partial charge in [-0.25, -0.2) is 9.36 Å². The highest BCUT2D eigenvalue weighted by Crippen LogP contribution is 2.25. The van der Waals surface area contributed by atoms with E-state index in [0.717, 1.165) is 0 Å². The molecule has 2 N–H and O–H groups in total. The molecule has 0 amide bonds. The van der Waals surface area contributed by atoms with Crippen LogP contribution in [0.3, 0.4) is 0 Å². The van der Waals surface area contributed by atoms with Crippen LogP contribution in [0.5, 0.6) is 5.88 Å². The second kappa shape index (κ2) is 5.28. The third-order valence-corrected chi connectivity index (χ3v) is 3.24. The largest absolute Gasteiger partial charge is 0.493 e. The van der Waals surface area contributed by atoms with E-state index in [9.17, 15) is 9.90 Å². The number of hydrogen-bond donors (Lipinski definition) is 2. The first kappa shape index (κ1) is 14.0. The molecule has 2 rings (SSSR count). The molecule has 0 bridgehead atoms. The first-order valence-corrected chi connectivity index (χ1v) is 6.32. The van der Waals surface area contributed by atoms with Crippen molar-refractivity contribution in [1.82, 2.24) is 14.5 Å². The van der Waals surface area contributed by atoms with E-state index in [0.29, 0.717) is 28.0 Å². The normalized spacial score (nSPS) is 10.9. The molecule has 1 heterocycles. The zero-order chi connectivity index (χ0) is 14.2. The van der Waals surface area contributed by atoms with Gasteiger partial charge in [0, 0.05) is 23.6 Å². The Hall–Kier alpha value is -1.43. The van der Waals surface area contributed by atoms with E-state index in [1.165, 1.54) is 9.13 Å². The Balaban J connectivity index is 2.69. The summed E-state index contributed by atoms with van der Waals surface area (Å²) in [6, 6.07) is 4.70. The van der Waals surface area contributed by atoms with E-state index in [4.69, 9.17) is 23.2 Å². The molecule has 1 aromatic heterocycles. The highest BCUT2D eigenvalue weighted by atomic mass is 35.5. The molecule has 0 aliphatic carbocycles. The van der Waals surface area contributed by atoms with Crippen molar-refractivity contribution in [2.24, 2.45) is 7.05 Å². The van der Waals surface area contributed by atoms with Gasteiger partial charge in [-0.1, -0.05) is 23.2 Å². The lowest BCUT2D eigenvalue weighted by Gasteiger charge is -2.05. The van der Waals surface area contributed by atoms with Crippen LogP contribution in [-0.4, -0.2) is 21.3 Å². The fourth-order valence-corrected chi connectivity index (χ4v) is 2.42. The van der Waals surface area contributed by atoms with E-state index in [-0.39, 0.29) is 11.6 Å². The number of imidazole rings is 1. The molecule has 0 radical (unpaired) electrons. The molecular formula is C12H13Cl2N3O2. The Bertz CT molecular complexity index is 656. The molecule has 0 atom stereocenters. The van der Waals surface area contributed by atoms with Gasteiger partial charge in [0.15, 0.2) is 0 Å². The van der Waals surface area contributed by atoms with Crippen molar-refractivity contribution in [3.8, 4) is 11.6 Å². The fraction of sp³-hybridized carbons (Fsp3) is 0.250. The lowest BCUT2D eigenvalue weighted by molar-refractivity contribution is 0.432. The fourth-order valence-electron chi connectivity index (χ4n) is 1.90. The van der Waals surface area contributed by atoms with Crippen LogP contribution in [0.15, 0.2) is 23.0 Å². The molecule has 7 heteroatoms. The maximum atomic E-state index is 12.2. The summed E-state index contributed by atoms with van der Waals surface area (Å²) >= 11 is 11.8. The molecule has 19 heavy (non-hydrogen) atoms. The Labute approximate surface area is 120 Å². The van der Waals surface area contributed by atoms with Crippen LogP contribution in [0.25, 0.3) is 5.69 Å². The van der Waals surface area contributed by atoms with Crippen molar-refractivity contribution in [3.63, 3.8) is 0 Å². The molecule has 0 fully saturated rings. The summed E-state index contributed by atoms with van der Waals surface area (Å²) in [6.07, 6.45) is 0. The van der Waals surface area contributed by atoms with Crippen LogP contribution in [0.2, 0.25) is 10.0 Å². The van der Waals surface area contributed by atoms with Gasteiger partial charge in [-0.3, -0.25) is 4.57 Å². The highest BCUT2D eigenvalue weighted by Gasteiger charge is 2.18. The average molecular weight is 302 g/mol. The first-order chi connectivity index (χ1) is 8.95.